The second kappa shape index (κ2) is 27.4. The first kappa shape index (κ1) is 61.0. The molecule has 0 spiro atoms. The van der Waals surface area contributed by atoms with Gasteiger partial charge in [0.1, 0.15) is 41.9 Å². The number of amides is 6. The Morgan fingerprint density at radius 1 is 0.821 bits per heavy atom. The van der Waals surface area contributed by atoms with Crippen molar-refractivity contribution in [1.29, 1.82) is 0 Å². The number of aliphatic hydroxyl groups excluding tert-OH is 1. The molecule has 4 aliphatic heterocycles. The first-order chi connectivity index (χ1) is 40.4. The Labute approximate surface area is 485 Å². The molecule has 24 nitrogen and oxygen atoms in total. The van der Waals surface area contributed by atoms with Gasteiger partial charge in [-0.2, -0.15) is 0 Å². The first-order valence-corrected chi connectivity index (χ1v) is 28.7. The molecule has 4 unspecified atom stereocenters. The quantitative estimate of drug-likeness (QED) is 0.0396. The third kappa shape index (κ3) is 14.1. The van der Waals surface area contributed by atoms with Crippen LogP contribution < -0.4 is 20.7 Å². The van der Waals surface area contributed by atoms with Crippen LogP contribution in [-0.2, 0) is 60.7 Å². The second-order valence-electron chi connectivity index (χ2n) is 22.1. The zero-order chi connectivity index (χ0) is 59.8. The zero-order valence-electron chi connectivity index (χ0n) is 47.4. The van der Waals surface area contributed by atoms with Gasteiger partial charge in [0.25, 0.3) is 11.8 Å². The number of phenolic OH excluding ortho intramolecular Hbond substituents is 2. The molecule has 4 heterocycles. The summed E-state index contributed by atoms with van der Waals surface area (Å²) in [5.41, 5.74) is 0.510. The summed E-state index contributed by atoms with van der Waals surface area (Å²) in [5.74, 6) is -5.11. The number of ketones is 3. The smallest absolute Gasteiger partial charge is 0.410 e. The number of hydrogen-bond acceptors (Lipinski definition) is 19. The van der Waals surface area contributed by atoms with Gasteiger partial charge in [0.05, 0.1) is 55.8 Å². The van der Waals surface area contributed by atoms with Crippen LogP contribution in [0.2, 0.25) is 0 Å². The minimum absolute atomic E-state index is 0.000355. The average Bonchev–Trinajstić information content (AvgIpc) is 1.01. The van der Waals surface area contributed by atoms with Gasteiger partial charge in [0.15, 0.2) is 12.1 Å². The number of carbonyl (C=O) groups is 9. The predicted octanol–water partition coefficient (Wildman–Crippen LogP) is 3.39. The fourth-order valence-corrected chi connectivity index (χ4v) is 11.9. The highest BCUT2D eigenvalue weighted by Gasteiger charge is 2.46. The van der Waals surface area contributed by atoms with Crippen molar-refractivity contribution in [3.8, 4) is 17.2 Å². The van der Waals surface area contributed by atoms with Crippen LogP contribution in [0.1, 0.15) is 126 Å². The molecule has 0 bridgehead atoms. The number of nitrogens with zero attached hydrogens (tertiary/aromatic N) is 4. The SMILES string of the molecule is COc1cccc2c1C(=O)c1c(O)c3c(c(O)c1C2=O)CC(C(=O)CN1CCCN(C(=O)OCc2ccc(NC(=O)C(C)NC(=O)CCNC(=O)CCCCCN4C(=O)C=CC4=O)cc2)CC1)C[C@@H]3OC1C[C@H](N2CCOCC2O)C[C@H](C)O1. The lowest BCUT2D eigenvalue weighted by Crippen LogP contribution is -2.54. The molecule has 3 fully saturated rings. The Bertz CT molecular complexity index is 3040. The zero-order valence-corrected chi connectivity index (χ0v) is 47.4. The number of imide groups is 1. The largest absolute Gasteiger partial charge is 0.507 e. The minimum atomic E-state index is -1.08. The van der Waals surface area contributed by atoms with Gasteiger partial charge in [-0.3, -0.25) is 53.1 Å². The van der Waals surface area contributed by atoms with Crippen LogP contribution >= 0.6 is 0 Å². The highest BCUT2D eigenvalue weighted by molar-refractivity contribution is 6.31. The molecule has 3 saturated heterocycles. The van der Waals surface area contributed by atoms with E-state index < -0.39 is 71.6 Å². The van der Waals surface area contributed by atoms with Gasteiger partial charge in [-0.25, -0.2) is 4.79 Å². The highest BCUT2D eigenvalue weighted by Crippen LogP contribution is 2.52. The average molecular weight is 1160 g/mol. The fourth-order valence-electron chi connectivity index (χ4n) is 11.9. The molecule has 6 aliphatic rings. The summed E-state index contributed by atoms with van der Waals surface area (Å²) < 4.78 is 29.6. The summed E-state index contributed by atoms with van der Waals surface area (Å²) in [6.07, 6.45) is 2.19. The maximum atomic E-state index is 14.5. The molecule has 0 aromatic heterocycles. The van der Waals surface area contributed by atoms with E-state index in [1.807, 2.05) is 16.7 Å². The number of unbranched alkanes of at least 4 members (excludes halogenated alkanes) is 2. The van der Waals surface area contributed by atoms with Gasteiger partial charge < -0.3 is 59.9 Å². The topological polar surface area (TPSA) is 310 Å². The van der Waals surface area contributed by atoms with Gasteiger partial charge in [0, 0.05) is 112 Å². The minimum Gasteiger partial charge on any atom is -0.507 e. The van der Waals surface area contributed by atoms with Crippen molar-refractivity contribution in [2.45, 2.75) is 121 Å². The molecule has 6 N–H and O–H groups in total. The third-order valence-electron chi connectivity index (χ3n) is 16.3. The number of hydrogen-bond donors (Lipinski definition) is 6. The number of phenols is 2. The van der Waals surface area contributed by atoms with E-state index in [4.69, 9.17) is 23.7 Å². The Balaban J connectivity index is 0.753. The molecule has 0 radical (unpaired) electrons. The van der Waals surface area contributed by atoms with Crippen molar-refractivity contribution in [2.24, 2.45) is 5.92 Å². The van der Waals surface area contributed by atoms with Crippen molar-refractivity contribution in [2.75, 3.05) is 78.0 Å². The Morgan fingerprint density at radius 2 is 1.58 bits per heavy atom. The summed E-state index contributed by atoms with van der Waals surface area (Å²) in [6.45, 7) is 6.24. The van der Waals surface area contributed by atoms with E-state index in [0.29, 0.717) is 89.1 Å². The standard InChI is InChI=1S/C60H73N7O17/c1-34-27-39(66-25-26-81-33-49(66)73)30-50(83-34)84-44-29-37(28-41-52(44)58(77)54-53(56(41)75)55(74)40-9-7-10-43(80-3)51(40)57(54)76)42(68)31-64-20-8-21-65(24-23-64)60(79)82-32-36-12-14-38(15-13-36)63-59(78)35(2)62-46(70)18-19-61-45(69)11-5-4-6-22-67-47(71)16-17-48(67)72/h7,9-10,12-17,34-35,37,39,44,49-50,73,75,77H,4-6,8,11,18-33H2,1-3H3,(H,61,69)(H,62,70)(H,63,78)/t34-,35?,37?,39+,44-,49?,50?/m0/s1. The van der Waals surface area contributed by atoms with E-state index in [1.165, 1.54) is 38.3 Å². The maximum Gasteiger partial charge on any atom is 0.410 e. The van der Waals surface area contributed by atoms with Crippen LogP contribution in [0.4, 0.5) is 10.5 Å². The van der Waals surface area contributed by atoms with Crippen molar-refractivity contribution >= 4 is 58.7 Å². The van der Waals surface area contributed by atoms with Crippen molar-refractivity contribution in [1.82, 2.24) is 30.2 Å². The number of ether oxygens (including phenoxy) is 5. The number of aliphatic hydroxyl groups is 1. The van der Waals surface area contributed by atoms with Crippen molar-refractivity contribution < 1.29 is 82.2 Å². The Morgan fingerprint density at radius 3 is 2.33 bits per heavy atom. The lowest BCUT2D eigenvalue weighted by atomic mass is 9.73. The van der Waals surface area contributed by atoms with Crippen LogP contribution in [0.5, 0.6) is 17.2 Å². The molecule has 2 aliphatic carbocycles. The monoisotopic (exact) mass is 1160 g/mol. The van der Waals surface area contributed by atoms with Crippen molar-refractivity contribution in [3.05, 3.63) is 93.6 Å². The van der Waals surface area contributed by atoms with E-state index in [2.05, 4.69) is 16.0 Å². The second-order valence-corrected chi connectivity index (χ2v) is 22.1. The number of fused-ring (bicyclic) bond motifs is 3. The highest BCUT2D eigenvalue weighted by atomic mass is 16.7. The molecular weight excluding hydrogens is 1090 g/mol. The van der Waals surface area contributed by atoms with E-state index >= 15 is 0 Å². The Kier molecular flexibility index (Phi) is 19.9. The van der Waals surface area contributed by atoms with Crippen molar-refractivity contribution in [3.63, 3.8) is 0 Å². The van der Waals surface area contributed by atoms with Gasteiger partial charge in [-0.15, -0.1) is 0 Å². The third-order valence-corrected chi connectivity index (χ3v) is 16.3. The number of morpholine rings is 1. The van der Waals surface area contributed by atoms with Gasteiger partial charge in [-0.05, 0) is 76.1 Å². The molecule has 6 amide bonds. The fraction of sp³-hybridized carbons (Fsp3) is 0.517. The summed E-state index contributed by atoms with van der Waals surface area (Å²) >= 11 is 0. The van der Waals surface area contributed by atoms with Crippen LogP contribution in [-0.4, -0.2) is 191 Å². The number of rotatable bonds is 21. The molecule has 7 atom stereocenters. The summed E-state index contributed by atoms with van der Waals surface area (Å²) in [4.78, 5) is 124. The number of carbonyl (C=O) groups excluding carboxylic acids is 9. The summed E-state index contributed by atoms with van der Waals surface area (Å²) in [7, 11) is 1.36. The number of methoxy groups -OCH3 is 1. The number of benzene rings is 3. The number of Topliss-reactive ketones (excluding diaryl/α,β-unsaturated/α-hetero) is 1. The molecule has 3 aromatic rings. The van der Waals surface area contributed by atoms with E-state index in [0.717, 1.165) is 4.90 Å². The summed E-state index contributed by atoms with van der Waals surface area (Å²) in [6, 6.07) is 10.2. The van der Waals surface area contributed by atoms with Gasteiger partial charge >= 0.3 is 6.09 Å². The van der Waals surface area contributed by atoms with E-state index in [-0.39, 0.29) is 133 Å². The van der Waals surface area contributed by atoms with E-state index in [1.54, 1.807) is 35.2 Å². The number of anilines is 1. The van der Waals surface area contributed by atoms with Crippen LogP contribution in [0.15, 0.2) is 54.6 Å². The van der Waals surface area contributed by atoms with Crippen LogP contribution in [0.3, 0.4) is 0 Å². The van der Waals surface area contributed by atoms with E-state index in [9.17, 15) is 58.5 Å². The lowest BCUT2D eigenvalue weighted by Gasteiger charge is -2.44. The number of aromatic hydroxyl groups is 2. The molecule has 450 valence electrons. The number of nitrogens with one attached hydrogen (secondary N) is 3. The molecule has 0 saturated carbocycles. The first-order valence-electron chi connectivity index (χ1n) is 28.7. The predicted molar refractivity (Wildman–Crippen MR) is 299 cm³/mol. The molecule has 3 aromatic carbocycles. The molecule has 84 heavy (non-hydrogen) atoms. The lowest BCUT2D eigenvalue weighted by molar-refractivity contribution is -0.240. The Hall–Kier alpha value is -7.61. The van der Waals surface area contributed by atoms with Gasteiger partial charge in [-0.1, -0.05) is 30.7 Å². The molecule has 24 heteroatoms. The van der Waals surface area contributed by atoms with Crippen LogP contribution in [0.25, 0.3) is 0 Å². The van der Waals surface area contributed by atoms with Gasteiger partial charge in [0.2, 0.25) is 23.5 Å². The molecule has 9 rings (SSSR count). The van der Waals surface area contributed by atoms with Crippen LogP contribution in [0, 0.1) is 5.92 Å². The maximum absolute atomic E-state index is 14.5. The molecular formula is C60H73N7O17. The normalized spacial score (nSPS) is 23.0. The summed E-state index contributed by atoms with van der Waals surface area (Å²) in [5, 5.41) is 43.2.